The molecule has 15 heteroatoms. The summed E-state index contributed by atoms with van der Waals surface area (Å²) in [6, 6.07) is 2.10. The number of amidine groups is 1. The second-order valence-electron chi connectivity index (χ2n) is 9.93. The SMILES string of the molecule is CC(=O)c1c(C2CC3CC[C@@H](C2)N3C(=O)C(N)=NC=N)nc2c(-c3ccc(C(O)C(F)(F)F)nc3)cnn2c1N. The smallest absolute Gasteiger partial charge is 0.383 e. The second kappa shape index (κ2) is 9.97. The average Bonchev–Trinajstić information content (AvgIpc) is 3.45. The molecule has 2 fully saturated rings. The number of rotatable bonds is 5. The van der Waals surface area contributed by atoms with Crippen LogP contribution in [0.2, 0.25) is 0 Å². The number of nitrogens with one attached hydrogen (secondary N) is 1. The van der Waals surface area contributed by atoms with Gasteiger partial charge in [-0.2, -0.15) is 22.8 Å². The van der Waals surface area contributed by atoms with Gasteiger partial charge in [0.15, 0.2) is 23.4 Å². The first-order valence-corrected chi connectivity index (χ1v) is 12.5. The lowest BCUT2D eigenvalue weighted by Gasteiger charge is -2.39. The number of halogens is 3. The van der Waals surface area contributed by atoms with Crippen molar-refractivity contribution in [3.8, 4) is 11.1 Å². The van der Waals surface area contributed by atoms with Crippen molar-refractivity contribution in [2.75, 3.05) is 5.73 Å². The normalized spacial score (nSPS) is 22.0. The summed E-state index contributed by atoms with van der Waals surface area (Å²) in [5, 5.41) is 20.8. The van der Waals surface area contributed by atoms with Crippen molar-refractivity contribution in [1.29, 1.82) is 5.41 Å². The maximum Gasteiger partial charge on any atom is 0.420 e. The predicted molar refractivity (Wildman–Crippen MR) is 138 cm³/mol. The van der Waals surface area contributed by atoms with Crippen LogP contribution in [0.1, 0.15) is 66.4 Å². The lowest BCUT2D eigenvalue weighted by Crippen LogP contribution is -2.50. The number of pyridine rings is 1. The number of amides is 1. The average molecular weight is 558 g/mol. The summed E-state index contributed by atoms with van der Waals surface area (Å²) < 4.78 is 40.0. The first-order chi connectivity index (χ1) is 18.9. The highest BCUT2D eigenvalue weighted by molar-refractivity contribution is 6.38. The van der Waals surface area contributed by atoms with Gasteiger partial charge in [-0.3, -0.25) is 20.0 Å². The largest absolute Gasteiger partial charge is 0.420 e. The summed E-state index contributed by atoms with van der Waals surface area (Å²) >= 11 is 0. The minimum atomic E-state index is -4.86. The van der Waals surface area contributed by atoms with Crippen LogP contribution in [-0.2, 0) is 4.79 Å². The highest BCUT2D eigenvalue weighted by atomic mass is 19.4. The molecule has 4 atom stereocenters. The molecule has 3 aromatic rings. The van der Waals surface area contributed by atoms with Gasteiger partial charge in [0.05, 0.1) is 23.1 Å². The molecule has 5 heterocycles. The maximum absolute atomic E-state index is 12.9. The molecule has 1 amide bonds. The number of fused-ring (bicyclic) bond motifs is 3. The Morgan fingerprint density at radius 3 is 2.45 bits per heavy atom. The van der Waals surface area contributed by atoms with E-state index in [1.807, 2.05) is 0 Å². The standard InChI is InChI=1S/C25H26F3N9O3/c1-11(38)18-19(13-6-14-3-4-15(7-13)36(14)24(40)21(30)33-10-29)35-23-16(9-34-37(23)22(18)31)12-2-5-17(32-8-12)20(39)25(26,27)28/h2,5,8-10,13-15,20,39H,3-4,6-7,31H2,1H3,(H3,29,30,33)/t13?,14-,15?,20?/m0/s1. The molecule has 0 saturated carbocycles. The zero-order valence-corrected chi connectivity index (χ0v) is 21.3. The van der Waals surface area contributed by atoms with Crippen LogP contribution in [0.4, 0.5) is 19.0 Å². The van der Waals surface area contributed by atoms with Crippen LogP contribution < -0.4 is 11.5 Å². The molecule has 2 aliphatic rings. The van der Waals surface area contributed by atoms with E-state index in [2.05, 4.69) is 15.1 Å². The predicted octanol–water partition coefficient (Wildman–Crippen LogP) is 2.37. The van der Waals surface area contributed by atoms with Crippen molar-refractivity contribution >= 4 is 35.3 Å². The number of aliphatic hydroxyl groups excluding tert-OH is 1. The van der Waals surface area contributed by atoms with Crippen molar-refractivity contribution in [1.82, 2.24) is 24.5 Å². The van der Waals surface area contributed by atoms with Crippen molar-refractivity contribution in [2.45, 2.75) is 62.9 Å². The quantitative estimate of drug-likeness (QED) is 0.209. The molecule has 2 bridgehead atoms. The van der Waals surface area contributed by atoms with Crippen LogP contribution in [0.5, 0.6) is 0 Å². The first-order valence-electron chi connectivity index (χ1n) is 12.5. The van der Waals surface area contributed by atoms with E-state index in [1.54, 1.807) is 4.90 Å². The van der Waals surface area contributed by atoms with Gasteiger partial charge in [-0.25, -0.2) is 9.98 Å². The number of nitrogens with two attached hydrogens (primary N) is 2. The Hall–Kier alpha value is -4.40. The number of aliphatic hydroxyl groups is 1. The van der Waals surface area contributed by atoms with Crippen LogP contribution >= 0.6 is 0 Å². The van der Waals surface area contributed by atoms with Gasteiger partial charge in [-0.15, -0.1) is 0 Å². The summed E-state index contributed by atoms with van der Waals surface area (Å²) in [5.41, 5.74) is 13.4. The Kier molecular flexibility index (Phi) is 6.77. The molecule has 0 spiro atoms. The summed E-state index contributed by atoms with van der Waals surface area (Å²) in [6.45, 7) is 1.38. The third-order valence-corrected chi connectivity index (χ3v) is 7.53. The number of hydrogen-bond acceptors (Lipinski definition) is 8. The van der Waals surface area contributed by atoms with Crippen molar-refractivity contribution in [2.24, 2.45) is 10.7 Å². The Morgan fingerprint density at radius 1 is 1.23 bits per heavy atom. The van der Waals surface area contributed by atoms with E-state index < -0.39 is 23.9 Å². The molecular formula is C25H26F3N9O3. The van der Waals surface area contributed by atoms with Gasteiger partial charge in [0.1, 0.15) is 12.2 Å². The molecule has 6 N–H and O–H groups in total. The molecule has 2 aliphatic heterocycles. The van der Waals surface area contributed by atoms with Crippen LogP contribution in [0.25, 0.3) is 16.8 Å². The summed E-state index contributed by atoms with van der Waals surface area (Å²) in [6.07, 6.45) is -1.78. The van der Waals surface area contributed by atoms with Gasteiger partial charge in [-0.1, -0.05) is 6.07 Å². The third-order valence-electron chi connectivity index (χ3n) is 7.53. The molecule has 0 aromatic carbocycles. The zero-order chi connectivity index (χ0) is 28.9. The number of carbonyl (C=O) groups excluding carboxylic acids is 2. The van der Waals surface area contributed by atoms with Crippen molar-refractivity contribution < 1.29 is 27.9 Å². The van der Waals surface area contributed by atoms with E-state index >= 15 is 0 Å². The highest BCUT2D eigenvalue weighted by Crippen LogP contribution is 2.44. The molecule has 0 radical (unpaired) electrons. The Balaban J connectivity index is 1.53. The molecule has 210 valence electrons. The van der Waals surface area contributed by atoms with Gasteiger partial charge < -0.3 is 21.5 Å². The molecule has 0 aliphatic carbocycles. The minimum Gasteiger partial charge on any atom is -0.383 e. The van der Waals surface area contributed by atoms with Crippen LogP contribution in [0, 0.1) is 5.41 Å². The van der Waals surface area contributed by atoms with E-state index in [1.165, 1.54) is 29.9 Å². The Labute approximate surface area is 225 Å². The molecule has 3 aromatic heterocycles. The highest BCUT2D eigenvalue weighted by Gasteiger charge is 2.46. The number of carbonyl (C=O) groups is 2. The molecule has 3 unspecified atom stereocenters. The topological polar surface area (TPSA) is 189 Å². The molecule has 12 nitrogen and oxygen atoms in total. The van der Waals surface area contributed by atoms with Gasteiger partial charge in [0, 0.05) is 35.3 Å². The lowest BCUT2D eigenvalue weighted by atomic mass is 9.85. The van der Waals surface area contributed by atoms with Crippen molar-refractivity contribution in [3.05, 3.63) is 41.5 Å². The van der Waals surface area contributed by atoms with E-state index in [9.17, 15) is 27.9 Å². The maximum atomic E-state index is 12.9. The monoisotopic (exact) mass is 557 g/mol. The van der Waals surface area contributed by atoms with Gasteiger partial charge in [-0.05, 0) is 38.7 Å². The third kappa shape index (κ3) is 4.55. The van der Waals surface area contributed by atoms with Gasteiger partial charge in [0.25, 0.3) is 5.91 Å². The Bertz CT molecular complexity index is 1520. The molecule has 5 rings (SSSR count). The van der Waals surface area contributed by atoms with E-state index in [0.717, 1.165) is 18.9 Å². The zero-order valence-electron chi connectivity index (χ0n) is 21.3. The second-order valence-corrected chi connectivity index (χ2v) is 9.93. The van der Waals surface area contributed by atoms with Gasteiger partial charge in [0.2, 0.25) is 0 Å². The molecular weight excluding hydrogens is 531 g/mol. The number of hydrogen-bond donors (Lipinski definition) is 4. The number of piperidine rings is 1. The van der Waals surface area contributed by atoms with Crippen LogP contribution in [0.15, 0.2) is 29.5 Å². The van der Waals surface area contributed by atoms with Crippen LogP contribution in [0.3, 0.4) is 0 Å². The van der Waals surface area contributed by atoms with Crippen LogP contribution in [-0.4, -0.2) is 71.7 Å². The van der Waals surface area contributed by atoms with E-state index in [-0.39, 0.29) is 46.6 Å². The van der Waals surface area contributed by atoms with Crippen molar-refractivity contribution in [3.63, 3.8) is 0 Å². The van der Waals surface area contributed by atoms with Gasteiger partial charge >= 0.3 is 6.18 Å². The summed E-state index contributed by atoms with van der Waals surface area (Å²) in [5.74, 6) is -1.15. The lowest BCUT2D eigenvalue weighted by molar-refractivity contribution is -0.207. The minimum absolute atomic E-state index is 0.0732. The fourth-order valence-electron chi connectivity index (χ4n) is 5.78. The summed E-state index contributed by atoms with van der Waals surface area (Å²) in [7, 11) is 0. The Morgan fingerprint density at radius 2 is 1.90 bits per heavy atom. The number of nitrogen functional groups attached to an aromatic ring is 1. The first kappa shape index (κ1) is 27.2. The van der Waals surface area contributed by atoms with E-state index in [4.69, 9.17) is 21.9 Å². The molecule has 2 saturated heterocycles. The number of aliphatic imine (C=N–C) groups is 1. The van der Waals surface area contributed by atoms with E-state index in [0.29, 0.717) is 36.0 Å². The number of Topliss-reactive ketones (excluding diaryl/α,β-unsaturated/α-hetero) is 1. The number of ketones is 1. The number of anilines is 1. The summed E-state index contributed by atoms with van der Waals surface area (Å²) in [4.78, 5) is 39.5. The molecule has 40 heavy (non-hydrogen) atoms. The number of alkyl halides is 3. The number of aromatic nitrogens is 4. The number of nitrogens with zero attached hydrogens (tertiary/aromatic N) is 6. The fraction of sp³-hybridized carbons (Fsp3) is 0.400. The fourth-order valence-corrected chi connectivity index (χ4v) is 5.78.